The van der Waals surface area contributed by atoms with Crippen molar-refractivity contribution in [2.75, 3.05) is 18.2 Å². The highest BCUT2D eigenvalue weighted by Crippen LogP contribution is 2.25. The lowest BCUT2D eigenvalue weighted by Gasteiger charge is -2.13. The van der Waals surface area contributed by atoms with E-state index in [1.807, 2.05) is 45.0 Å². The van der Waals surface area contributed by atoms with E-state index in [0.717, 1.165) is 28.6 Å². The van der Waals surface area contributed by atoms with Gasteiger partial charge in [0.05, 0.1) is 7.11 Å². The summed E-state index contributed by atoms with van der Waals surface area (Å²) in [5.41, 5.74) is 7.73. The first kappa shape index (κ1) is 14.1. The molecule has 5 heteroatoms. The van der Waals surface area contributed by atoms with Crippen LogP contribution in [0.4, 0.5) is 17.3 Å². The van der Waals surface area contributed by atoms with Gasteiger partial charge in [0.25, 0.3) is 0 Å². The van der Waals surface area contributed by atoms with E-state index in [2.05, 4.69) is 15.3 Å². The van der Waals surface area contributed by atoms with E-state index >= 15 is 0 Å². The van der Waals surface area contributed by atoms with Gasteiger partial charge in [0, 0.05) is 17.2 Å². The Balaban J connectivity index is 2.31. The third-order valence-corrected chi connectivity index (χ3v) is 3.07. The maximum Gasteiger partial charge on any atom is 0.139 e. The maximum atomic E-state index is 5.95. The van der Waals surface area contributed by atoms with Crippen LogP contribution in [0.1, 0.15) is 31.2 Å². The highest BCUT2D eigenvalue weighted by atomic mass is 16.5. The first-order chi connectivity index (χ1) is 9.51. The Labute approximate surface area is 119 Å². The summed E-state index contributed by atoms with van der Waals surface area (Å²) in [4.78, 5) is 8.85. The number of ether oxygens (including phenoxy) is 1. The van der Waals surface area contributed by atoms with Crippen molar-refractivity contribution in [1.29, 1.82) is 0 Å². The fourth-order valence-corrected chi connectivity index (χ4v) is 1.74. The summed E-state index contributed by atoms with van der Waals surface area (Å²) in [5.74, 6) is 3.04. The quantitative estimate of drug-likeness (QED) is 0.893. The Morgan fingerprint density at radius 2 is 1.80 bits per heavy atom. The van der Waals surface area contributed by atoms with Crippen LogP contribution in [0.15, 0.2) is 24.3 Å². The smallest absolute Gasteiger partial charge is 0.139 e. The van der Waals surface area contributed by atoms with Crippen molar-refractivity contribution in [3.05, 3.63) is 35.7 Å². The van der Waals surface area contributed by atoms with Crippen LogP contribution in [0.5, 0.6) is 5.75 Å². The van der Waals surface area contributed by atoms with Gasteiger partial charge >= 0.3 is 0 Å². The van der Waals surface area contributed by atoms with Gasteiger partial charge in [-0.2, -0.15) is 0 Å². The average molecular weight is 272 g/mol. The van der Waals surface area contributed by atoms with Gasteiger partial charge in [-0.25, -0.2) is 9.97 Å². The summed E-state index contributed by atoms with van der Waals surface area (Å²) in [5, 5.41) is 3.27. The number of rotatable bonds is 4. The van der Waals surface area contributed by atoms with Crippen LogP contribution in [0.2, 0.25) is 0 Å². The molecule has 0 saturated heterocycles. The molecule has 0 unspecified atom stereocenters. The normalized spacial score (nSPS) is 10.7. The van der Waals surface area contributed by atoms with E-state index < -0.39 is 0 Å². The minimum atomic E-state index is 0.231. The highest BCUT2D eigenvalue weighted by molar-refractivity contribution is 5.64. The number of aromatic nitrogens is 2. The summed E-state index contributed by atoms with van der Waals surface area (Å²) >= 11 is 0. The van der Waals surface area contributed by atoms with Gasteiger partial charge in [-0.3, -0.25) is 0 Å². The Morgan fingerprint density at radius 3 is 2.35 bits per heavy atom. The van der Waals surface area contributed by atoms with Crippen molar-refractivity contribution in [2.45, 2.75) is 26.7 Å². The van der Waals surface area contributed by atoms with E-state index in [1.54, 1.807) is 7.11 Å². The molecule has 1 aromatic carbocycles. The molecule has 0 aliphatic rings. The fourth-order valence-electron chi connectivity index (χ4n) is 1.74. The molecule has 0 saturated carbocycles. The molecule has 0 spiro atoms. The topological polar surface area (TPSA) is 73.1 Å². The number of hydrogen-bond donors (Lipinski definition) is 2. The average Bonchev–Trinajstić information content (AvgIpc) is 2.44. The predicted octanol–water partition coefficient (Wildman–Crippen LogP) is 3.24. The Bertz CT molecular complexity index is 594. The predicted molar refractivity (Wildman–Crippen MR) is 81.5 cm³/mol. The number of anilines is 3. The third kappa shape index (κ3) is 2.99. The van der Waals surface area contributed by atoms with Crippen LogP contribution in [0.3, 0.4) is 0 Å². The van der Waals surface area contributed by atoms with Crippen LogP contribution >= 0.6 is 0 Å². The molecule has 20 heavy (non-hydrogen) atoms. The van der Waals surface area contributed by atoms with E-state index in [0.29, 0.717) is 5.82 Å². The number of hydrogen-bond acceptors (Lipinski definition) is 5. The molecule has 1 heterocycles. The number of benzene rings is 1. The lowest BCUT2D eigenvalue weighted by atomic mass is 10.2. The molecule has 0 radical (unpaired) electrons. The zero-order valence-corrected chi connectivity index (χ0v) is 12.3. The molecule has 0 atom stereocenters. The first-order valence-corrected chi connectivity index (χ1v) is 6.56. The van der Waals surface area contributed by atoms with Crippen molar-refractivity contribution in [1.82, 2.24) is 9.97 Å². The molecular weight excluding hydrogens is 252 g/mol. The second kappa shape index (κ2) is 5.77. The van der Waals surface area contributed by atoms with E-state index in [1.165, 1.54) is 0 Å². The lowest BCUT2D eigenvalue weighted by molar-refractivity contribution is 0.415. The Hall–Kier alpha value is -2.30. The Morgan fingerprint density at radius 1 is 1.15 bits per heavy atom. The van der Waals surface area contributed by atoms with Gasteiger partial charge in [0.1, 0.15) is 23.2 Å². The van der Waals surface area contributed by atoms with E-state index in [-0.39, 0.29) is 5.92 Å². The van der Waals surface area contributed by atoms with Crippen molar-refractivity contribution in [3.8, 4) is 5.75 Å². The molecular formula is C15H20N4O. The highest BCUT2D eigenvalue weighted by Gasteiger charge is 2.11. The summed E-state index contributed by atoms with van der Waals surface area (Å²) in [6.45, 7) is 5.99. The van der Waals surface area contributed by atoms with Gasteiger partial charge in [0.2, 0.25) is 0 Å². The largest absolute Gasteiger partial charge is 0.497 e. The first-order valence-electron chi connectivity index (χ1n) is 6.56. The van der Waals surface area contributed by atoms with Gasteiger partial charge in [0.15, 0.2) is 0 Å². The van der Waals surface area contributed by atoms with Crippen LogP contribution in [-0.2, 0) is 0 Å². The van der Waals surface area contributed by atoms with E-state index in [4.69, 9.17) is 10.5 Å². The molecule has 0 aliphatic carbocycles. The summed E-state index contributed by atoms with van der Waals surface area (Å²) in [6, 6.07) is 7.66. The van der Waals surface area contributed by atoms with Gasteiger partial charge in [-0.05, 0) is 31.2 Å². The van der Waals surface area contributed by atoms with E-state index in [9.17, 15) is 0 Å². The molecule has 0 fully saturated rings. The number of nitrogens with one attached hydrogen (secondary N) is 1. The number of nitrogens with zero attached hydrogens (tertiary/aromatic N) is 2. The minimum Gasteiger partial charge on any atom is -0.497 e. The van der Waals surface area contributed by atoms with Crippen LogP contribution in [-0.4, -0.2) is 17.1 Å². The molecule has 0 amide bonds. The molecule has 3 N–H and O–H groups in total. The zero-order chi connectivity index (χ0) is 14.7. The number of nitrogen functional groups attached to an aromatic ring is 1. The van der Waals surface area contributed by atoms with Gasteiger partial charge < -0.3 is 15.8 Å². The molecule has 0 bridgehead atoms. The second-order valence-electron chi connectivity index (χ2n) is 4.95. The van der Waals surface area contributed by atoms with Crippen LogP contribution in [0, 0.1) is 6.92 Å². The molecule has 0 aliphatic heterocycles. The molecule has 106 valence electrons. The van der Waals surface area contributed by atoms with Crippen molar-refractivity contribution >= 4 is 17.3 Å². The van der Waals surface area contributed by atoms with Crippen LogP contribution in [0.25, 0.3) is 0 Å². The zero-order valence-electron chi connectivity index (χ0n) is 12.3. The summed E-state index contributed by atoms with van der Waals surface area (Å²) in [6.07, 6.45) is 0. The standard InChI is InChI=1S/C15H20N4O/c1-9(2)14-18-13(16)10(3)15(19-14)17-11-5-7-12(20-4)8-6-11/h5-9H,1-4H3,(H3,16,17,18,19). The third-order valence-electron chi connectivity index (χ3n) is 3.07. The van der Waals surface area contributed by atoms with Gasteiger partial charge in [-0.1, -0.05) is 13.8 Å². The monoisotopic (exact) mass is 272 g/mol. The number of nitrogens with two attached hydrogens (primary N) is 1. The van der Waals surface area contributed by atoms with Gasteiger partial charge in [-0.15, -0.1) is 0 Å². The minimum absolute atomic E-state index is 0.231. The number of methoxy groups -OCH3 is 1. The molecule has 5 nitrogen and oxygen atoms in total. The van der Waals surface area contributed by atoms with Crippen molar-refractivity contribution < 1.29 is 4.74 Å². The lowest BCUT2D eigenvalue weighted by Crippen LogP contribution is -2.08. The van der Waals surface area contributed by atoms with Crippen molar-refractivity contribution in [2.24, 2.45) is 0 Å². The Kier molecular flexibility index (Phi) is 4.08. The molecule has 2 aromatic rings. The fraction of sp³-hybridized carbons (Fsp3) is 0.333. The molecule has 1 aromatic heterocycles. The summed E-state index contributed by atoms with van der Waals surface area (Å²) < 4.78 is 5.14. The maximum absolute atomic E-state index is 5.95. The second-order valence-corrected chi connectivity index (χ2v) is 4.95. The SMILES string of the molecule is COc1ccc(Nc2nc(C(C)C)nc(N)c2C)cc1. The molecule has 2 rings (SSSR count). The van der Waals surface area contributed by atoms with Crippen LogP contribution < -0.4 is 15.8 Å². The van der Waals surface area contributed by atoms with Crippen molar-refractivity contribution in [3.63, 3.8) is 0 Å². The summed E-state index contributed by atoms with van der Waals surface area (Å²) in [7, 11) is 1.65.